The topological polar surface area (TPSA) is 37.0 Å². The molecule has 0 saturated heterocycles. The van der Waals surface area contributed by atoms with Crippen molar-refractivity contribution in [1.29, 1.82) is 0 Å². The number of hydrazine groups is 1. The van der Waals surface area contributed by atoms with Gasteiger partial charge in [0.05, 0.1) is 17.4 Å². The van der Waals surface area contributed by atoms with Gasteiger partial charge in [-0.05, 0) is 19.1 Å². The summed E-state index contributed by atoms with van der Waals surface area (Å²) in [6, 6.07) is 4.26. The Morgan fingerprint density at radius 3 is 2.83 bits per heavy atom. The molecule has 0 radical (unpaired) electrons. The first-order valence-corrected chi connectivity index (χ1v) is 4.34. The van der Waals surface area contributed by atoms with E-state index >= 15 is 0 Å². The molecule has 0 fully saturated rings. The lowest BCUT2D eigenvalue weighted by Crippen LogP contribution is -2.15. The third-order valence-electron chi connectivity index (χ3n) is 1.67. The van der Waals surface area contributed by atoms with Gasteiger partial charge in [-0.2, -0.15) is 0 Å². The molecule has 0 spiro atoms. The Morgan fingerprint density at radius 1 is 1.42 bits per heavy atom. The van der Waals surface area contributed by atoms with Crippen LogP contribution in [-0.2, 0) is 0 Å². The molecule has 0 saturated carbocycles. The van der Waals surface area contributed by atoms with Gasteiger partial charge in [-0.15, -0.1) is 0 Å². The predicted molar refractivity (Wildman–Crippen MR) is 50.8 cm³/mol. The van der Waals surface area contributed by atoms with Crippen molar-refractivity contribution in [1.82, 2.24) is 10.4 Å². The van der Waals surface area contributed by atoms with Crippen molar-refractivity contribution in [3.63, 3.8) is 0 Å². The Kier molecular flexibility index (Phi) is 3.05. The van der Waals surface area contributed by atoms with Gasteiger partial charge in [-0.25, -0.2) is 5.43 Å². The van der Waals surface area contributed by atoms with Crippen LogP contribution in [0.25, 0.3) is 0 Å². The fourth-order valence-electron chi connectivity index (χ4n) is 1.12. The van der Waals surface area contributed by atoms with Crippen LogP contribution in [0.2, 0.25) is 0 Å². The van der Waals surface area contributed by atoms with Crippen LogP contribution in [0, 0.1) is 0 Å². The SMILES string of the molecule is CC.CC1NNc2cccnc21. The molecule has 66 valence electrons. The van der Waals surface area contributed by atoms with E-state index in [4.69, 9.17) is 0 Å². The van der Waals surface area contributed by atoms with Gasteiger partial charge in [0.2, 0.25) is 0 Å². The molecule has 1 aliphatic heterocycles. The van der Waals surface area contributed by atoms with Crippen LogP contribution in [0.15, 0.2) is 18.3 Å². The molecule has 1 aromatic rings. The standard InChI is InChI=1S/C7H9N3.C2H6/c1-5-7-6(10-9-5)3-2-4-8-7;1-2/h2-5,9-10H,1H3;1-2H3. The number of pyridine rings is 1. The first-order chi connectivity index (χ1) is 5.88. The molecule has 2 N–H and O–H groups in total. The average Bonchev–Trinajstić information content (AvgIpc) is 2.53. The van der Waals surface area contributed by atoms with Gasteiger partial charge in [0.15, 0.2) is 0 Å². The fourth-order valence-corrected chi connectivity index (χ4v) is 1.12. The Bertz CT molecular complexity index is 247. The van der Waals surface area contributed by atoms with Gasteiger partial charge >= 0.3 is 0 Å². The minimum absolute atomic E-state index is 0.330. The highest BCUT2D eigenvalue weighted by Crippen LogP contribution is 2.23. The quantitative estimate of drug-likeness (QED) is 0.618. The number of fused-ring (bicyclic) bond motifs is 1. The van der Waals surface area contributed by atoms with E-state index in [-0.39, 0.29) is 0 Å². The van der Waals surface area contributed by atoms with Gasteiger partial charge in [-0.1, -0.05) is 13.8 Å². The zero-order valence-electron chi connectivity index (χ0n) is 7.76. The van der Waals surface area contributed by atoms with E-state index in [0.717, 1.165) is 11.4 Å². The molecular weight excluding hydrogens is 150 g/mol. The molecule has 0 bridgehead atoms. The second-order valence-electron chi connectivity index (χ2n) is 2.43. The van der Waals surface area contributed by atoms with Gasteiger partial charge in [0.25, 0.3) is 0 Å². The summed E-state index contributed by atoms with van der Waals surface area (Å²) in [7, 11) is 0. The lowest BCUT2D eigenvalue weighted by atomic mass is 10.2. The lowest BCUT2D eigenvalue weighted by molar-refractivity contribution is 0.671. The zero-order chi connectivity index (χ0) is 8.97. The summed E-state index contributed by atoms with van der Waals surface area (Å²) >= 11 is 0. The first-order valence-electron chi connectivity index (χ1n) is 4.34. The van der Waals surface area contributed by atoms with Crippen molar-refractivity contribution in [2.75, 3.05) is 5.43 Å². The van der Waals surface area contributed by atoms with E-state index in [9.17, 15) is 0 Å². The average molecular weight is 165 g/mol. The van der Waals surface area contributed by atoms with Crippen molar-refractivity contribution >= 4 is 5.69 Å². The molecule has 3 nitrogen and oxygen atoms in total. The third kappa shape index (κ3) is 1.56. The molecule has 0 aromatic carbocycles. The molecule has 1 aromatic heterocycles. The summed E-state index contributed by atoms with van der Waals surface area (Å²) in [5.41, 5.74) is 8.30. The Balaban J connectivity index is 0.000000336. The van der Waals surface area contributed by atoms with Crippen LogP contribution in [0.3, 0.4) is 0 Å². The second kappa shape index (κ2) is 4.07. The van der Waals surface area contributed by atoms with E-state index in [1.54, 1.807) is 0 Å². The number of hydrogen-bond donors (Lipinski definition) is 2. The number of anilines is 1. The summed E-state index contributed by atoms with van der Waals surface area (Å²) in [6.45, 7) is 6.08. The molecule has 0 aliphatic carbocycles. The normalized spacial score (nSPS) is 18.8. The van der Waals surface area contributed by atoms with E-state index in [1.807, 2.05) is 32.2 Å². The Labute approximate surface area is 73.2 Å². The van der Waals surface area contributed by atoms with E-state index in [2.05, 4.69) is 22.8 Å². The summed E-state index contributed by atoms with van der Waals surface area (Å²) in [5, 5.41) is 0. The van der Waals surface area contributed by atoms with Crippen LogP contribution in [0.4, 0.5) is 5.69 Å². The monoisotopic (exact) mass is 165 g/mol. The van der Waals surface area contributed by atoms with Crippen molar-refractivity contribution in [2.45, 2.75) is 26.8 Å². The third-order valence-corrected chi connectivity index (χ3v) is 1.67. The lowest BCUT2D eigenvalue weighted by Gasteiger charge is -1.98. The zero-order valence-corrected chi connectivity index (χ0v) is 7.76. The number of aromatic nitrogens is 1. The highest BCUT2D eigenvalue weighted by atomic mass is 15.4. The van der Waals surface area contributed by atoms with Crippen LogP contribution in [0.5, 0.6) is 0 Å². The van der Waals surface area contributed by atoms with E-state index in [0.29, 0.717) is 6.04 Å². The molecule has 3 heteroatoms. The Morgan fingerprint density at radius 2 is 2.17 bits per heavy atom. The van der Waals surface area contributed by atoms with Crippen LogP contribution >= 0.6 is 0 Å². The maximum atomic E-state index is 4.22. The molecule has 1 aliphatic rings. The van der Waals surface area contributed by atoms with Gasteiger partial charge in [0, 0.05) is 6.20 Å². The van der Waals surface area contributed by atoms with E-state index in [1.165, 1.54) is 0 Å². The number of nitrogens with zero attached hydrogens (tertiary/aromatic N) is 1. The minimum Gasteiger partial charge on any atom is -0.319 e. The predicted octanol–water partition coefficient (Wildman–Crippen LogP) is 2.10. The van der Waals surface area contributed by atoms with Crippen molar-refractivity contribution < 1.29 is 0 Å². The molecule has 0 amide bonds. The van der Waals surface area contributed by atoms with Gasteiger partial charge in [0.1, 0.15) is 0 Å². The summed E-state index contributed by atoms with van der Waals surface area (Å²) < 4.78 is 0. The summed E-state index contributed by atoms with van der Waals surface area (Å²) in [6.07, 6.45) is 1.81. The number of rotatable bonds is 0. The summed E-state index contributed by atoms with van der Waals surface area (Å²) in [5.74, 6) is 0. The smallest absolute Gasteiger partial charge is 0.0832 e. The van der Waals surface area contributed by atoms with Crippen molar-refractivity contribution in [3.8, 4) is 0 Å². The minimum atomic E-state index is 0.330. The summed E-state index contributed by atoms with van der Waals surface area (Å²) in [4.78, 5) is 4.22. The molecular formula is C9H15N3. The van der Waals surface area contributed by atoms with E-state index < -0.39 is 0 Å². The number of hydrogen-bond acceptors (Lipinski definition) is 3. The second-order valence-corrected chi connectivity index (χ2v) is 2.43. The molecule has 2 heterocycles. The maximum Gasteiger partial charge on any atom is 0.0832 e. The van der Waals surface area contributed by atoms with Crippen LogP contribution in [0.1, 0.15) is 32.5 Å². The highest BCUT2D eigenvalue weighted by molar-refractivity contribution is 5.51. The maximum absolute atomic E-state index is 4.22. The largest absolute Gasteiger partial charge is 0.319 e. The van der Waals surface area contributed by atoms with Crippen molar-refractivity contribution in [2.24, 2.45) is 0 Å². The fraction of sp³-hybridized carbons (Fsp3) is 0.444. The van der Waals surface area contributed by atoms with Gasteiger partial charge in [-0.3, -0.25) is 4.98 Å². The van der Waals surface area contributed by atoms with Crippen LogP contribution in [-0.4, -0.2) is 4.98 Å². The molecule has 1 unspecified atom stereocenters. The molecule has 1 atom stereocenters. The number of nitrogens with one attached hydrogen (secondary N) is 2. The highest BCUT2D eigenvalue weighted by Gasteiger charge is 2.16. The first kappa shape index (κ1) is 9.00. The van der Waals surface area contributed by atoms with Crippen LogP contribution < -0.4 is 10.9 Å². The molecule has 12 heavy (non-hydrogen) atoms. The van der Waals surface area contributed by atoms with Crippen molar-refractivity contribution in [3.05, 3.63) is 24.0 Å². The van der Waals surface area contributed by atoms with Gasteiger partial charge < -0.3 is 5.43 Å². The Hall–Kier alpha value is -1.09. The molecule has 2 rings (SSSR count).